The normalized spacial score (nSPS) is 44.2. The largest absolute Gasteiger partial charge is 0.467 e. The summed E-state index contributed by atoms with van der Waals surface area (Å²) >= 11 is 0. The molecule has 3 aliphatic heterocycles. The van der Waals surface area contributed by atoms with E-state index >= 15 is 0 Å². The van der Waals surface area contributed by atoms with Crippen LogP contribution in [0.25, 0.3) is 0 Å². The summed E-state index contributed by atoms with van der Waals surface area (Å²) in [6.45, 7) is 0.0861. The van der Waals surface area contributed by atoms with Gasteiger partial charge in [0.25, 0.3) is 0 Å². The van der Waals surface area contributed by atoms with Crippen molar-refractivity contribution in [1.82, 2.24) is 0 Å². The monoisotopic (exact) mass is 616 g/mol. The summed E-state index contributed by atoms with van der Waals surface area (Å²) in [5.41, 5.74) is 0. The highest BCUT2D eigenvalue weighted by Gasteiger charge is 2.57. The average Bonchev–Trinajstić information content (AvgIpc) is 2.96. The van der Waals surface area contributed by atoms with Crippen LogP contribution in [0, 0.1) is 0 Å². The summed E-state index contributed by atoms with van der Waals surface area (Å²) in [6.07, 6.45) is -27.4. The lowest BCUT2D eigenvalue weighted by atomic mass is 9.95. The highest BCUT2D eigenvalue weighted by Crippen LogP contribution is 2.34. The highest BCUT2D eigenvalue weighted by atomic mass is 16.8. The molecule has 3 heterocycles. The summed E-state index contributed by atoms with van der Waals surface area (Å²) in [6, 6.07) is 0. The van der Waals surface area contributed by atoms with Crippen LogP contribution >= 0.6 is 0 Å². The smallest absolute Gasteiger partial charge is 0.337 e. The minimum atomic E-state index is -2.01. The van der Waals surface area contributed by atoms with Crippen molar-refractivity contribution in [2.45, 2.75) is 99.0 Å². The van der Waals surface area contributed by atoms with Gasteiger partial charge in [0.1, 0.15) is 48.8 Å². The van der Waals surface area contributed by atoms with Gasteiger partial charge in [-0.2, -0.15) is 0 Å². The maximum atomic E-state index is 12.4. The second kappa shape index (κ2) is 14.6. The summed E-state index contributed by atoms with van der Waals surface area (Å²) in [7, 11) is 3.11. The molecule has 0 aromatic carbocycles. The number of carbonyl (C=O) groups excluding carboxylic acids is 3. The molecule has 3 saturated heterocycles. The second-order valence-electron chi connectivity index (χ2n) is 9.57. The van der Waals surface area contributed by atoms with Crippen LogP contribution in [0.4, 0.5) is 0 Å². The van der Waals surface area contributed by atoms with Crippen molar-refractivity contribution in [3.05, 3.63) is 0 Å². The Morgan fingerprint density at radius 1 is 0.643 bits per heavy atom. The quantitative estimate of drug-likeness (QED) is 0.0937. The molecule has 3 fully saturated rings. The molecule has 15 atom stereocenters. The zero-order chi connectivity index (χ0) is 31.5. The van der Waals surface area contributed by atoms with Gasteiger partial charge in [-0.05, 0) is 0 Å². The van der Waals surface area contributed by atoms with Crippen molar-refractivity contribution in [3.63, 3.8) is 0 Å². The lowest BCUT2D eigenvalue weighted by Crippen LogP contribution is -2.68. The predicted octanol–water partition coefficient (Wildman–Crippen LogP) is -5.99. The SMILES string of the molecule is COC(=O)[C@H]1O[C@H](O[C@@H]2[C@H](O)[C@@H](O)[C@H](O)O[C@@H]2CO)[C@H](O[C@@H]2O[C@H](C(=O)OC)[C@H](OC)[C@H](O)[C@H]2O)[C@@H](OC(C)=O)[C@H]1O. The van der Waals surface area contributed by atoms with Crippen LogP contribution in [0.15, 0.2) is 0 Å². The first-order chi connectivity index (χ1) is 19.8. The molecule has 0 amide bonds. The van der Waals surface area contributed by atoms with Crippen molar-refractivity contribution < 1.29 is 92.8 Å². The van der Waals surface area contributed by atoms with Crippen LogP contribution in [-0.4, -0.2) is 174 Å². The molecule has 3 rings (SSSR count). The lowest BCUT2D eigenvalue weighted by molar-refractivity contribution is -0.382. The van der Waals surface area contributed by atoms with E-state index < -0.39 is 117 Å². The first-order valence-electron chi connectivity index (χ1n) is 12.6. The molecular weight excluding hydrogens is 580 g/mol. The van der Waals surface area contributed by atoms with E-state index in [4.69, 9.17) is 33.2 Å². The molecule has 0 bridgehead atoms. The van der Waals surface area contributed by atoms with E-state index in [9.17, 15) is 50.1 Å². The third-order valence-corrected chi connectivity index (χ3v) is 6.93. The number of carbonyl (C=O) groups is 3. The van der Waals surface area contributed by atoms with Crippen LogP contribution in [-0.2, 0) is 57.0 Å². The molecule has 242 valence electrons. The molecule has 0 aromatic rings. The van der Waals surface area contributed by atoms with Crippen LogP contribution < -0.4 is 0 Å². The molecular formula is C23H36O19. The van der Waals surface area contributed by atoms with E-state index in [-0.39, 0.29) is 0 Å². The number of rotatable bonds is 9. The Hall–Kier alpha value is -2.11. The number of aliphatic hydroxyl groups excluding tert-OH is 7. The van der Waals surface area contributed by atoms with Gasteiger partial charge in [0.2, 0.25) is 0 Å². The van der Waals surface area contributed by atoms with Gasteiger partial charge >= 0.3 is 17.9 Å². The number of aliphatic hydroxyl groups is 7. The summed E-state index contributed by atoms with van der Waals surface area (Å²) in [5.74, 6) is -3.20. The Morgan fingerprint density at radius 3 is 1.74 bits per heavy atom. The number of hydrogen-bond acceptors (Lipinski definition) is 19. The highest BCUT2D eigenvalue weighted by molar-refractivity contribution is 5.76. The predicted molar refractivity (Wildman–Crippen MR) is 125 cm³/mol. The van der Waals surface area contributed by atoms with Gasteiger partial charge in [0, 0.05) is 14.0 Å². The molecule has 7 N–H and O–H groups in total. The van der Waals surface area contributed by atoms with Crippen molar-refractivity contribution >= 4 is 17.9 Å². The molecule has 0 aliphatic carbocycles. The molecule has 0 radical (unpaired) electrons. The van der Waals surface area contributed by atoms with E-state index in [0.29, 0.717) is 0 Å². The summed E-state index contributed by atoms with van der Waals surface area (Å²) in [5, 5.41) is 72.6. The zero-order valence-electron chi connectivity index (χ0n) is 22.9. The number of hydrogen-bond donors (Lipinski definition) is 7. The topological polar surface area (TPSA) is 276 Å². The molecule has 42 heavy (non-hydrogen) atoms. The van der Waals surface area contributed by atoms with Crippen molar-refractivity contribution in [2.24, 2.45) is 0 Å². The Labute approximate surface area is 238 Å². The Kier molecular flexibility index (Phi) is 11.9. The Balaban J connectivity index is 2.02. The van der Waals surface area contributed by atoms with Crippen LogP contribution in [0.3, 0.4) is 0 Å². The van der Waals surface area contributed by atoms with E-state index in [1.165, 1.54) is 0 Å². The minimum absolute atomic E-state index is 0.865. The van der Waals surface area contributed by atoms with Crippen molar-refractivity contribution in [1.29, 1.82) is 0 Å². The molecule has 0 unspecified atom stereocenters. The van der Waals surface area contributed by atoms with Gasteiger partial charge in [-0.1, -0.05) is 0 Å². The van der Waals surface area contributed by atoms with Gasteiger partial charge in [0.15, 0.2) is 43.3 Å². The average molecular weight is 617 g/mol. The lowest BCUT2D eigenvalue weighted by Gasteiger charge is -2.48. The number of esters is 3. The van der Waals surface area contributed by atoms with Gasteiger partial charge in [0.05, 0.1) is 20.8 Å². The molecule has 0 aromatic heterocycles. The maximum absolute atomic E-state index is 12.4. The standard InChI is InChI=1S/C23H36O19/c1-6(25)37-15-12(30)16(20(32)35-3)40-23(39-13-7(5-24)38-19(31)10(28)8(13)26)18(15)42-22-11(29)9(27)14(34-2)17(41-22)21(33)36-4/h7-19,22-24,26-31H,5H2,1-4H3/t7-,8-,9-,10-,11-,12-,13+,14-,15+,16+,17+,18-,19-,22+,23+/m1/s1. The van der Waals surface area contributed by atoms with E-state index in [1.54, 1.807) is 0 Å². The van der Waals surface area contributed by atoms with Crippen molar-refractivity contribution in [3.8, 4) is 0 Å². The third kappa shape index (κ3) is 6.99. The number of ether oxygens (including phenoxy) is 9. The maximum Gasteiger partial charge on any atom is 0.337 e. The fourth-order valence-electron chi connectivity index (χ4n) is 4.78. The first kappa shape index (κ1) is 34.4. The molecule has 0 saturated carbocycles. The van der Waals surface area contributed by atoms with E-state index in [1.807, 2.05) is 0 Å². The number of methoxy groups -OCH3 is 3. The second-order valence-corrected chi connectivity index (χ2v) is 9.57. The van der Waals surface area contributed by atoms with Crippen LogP contribution in [0.1, 0.15) is 6.92 Å². The van der Waals surface area contributed by atoms with Gasteiger partial charge in [-0.25, -0.2) is 9.59 Å². The summed E-state index contributed by atoms with van der Waals surface area (Å²) < 4.78 is 47.1. The van der Waals surface area contributed by atoms with Crippen molar-refractivity contribution in [2.75, 3.05) is 27.9 Å². The fourth-order valence-corrected chi connectivity index (χ4v) is 4.78. The van der Waals surface area contributed by atoms with Gasteiger partial charge in [-0.15, -0.1) is 0 Å². The fraction of sp³-hybridized carbons (Fsp3) is 0.870. The first-order valence-corrected chi connectivity index (χ1v) is 12.6. The minimum Gasteiger partial charge on any atom is -0.467 e. The molecule has 3 aliphatic rings. The molecule has 0 spiro atoms. The molecule has 19 nitrogen and oxygen atoms in total. The van der Waals surface area contributed by atoms with E-state index in [0.717, 1.165) is 28.3 Å². The Morgan fingerprint density at radius 2 is 1.19 bits per heavy atom. The van der Waals surface area contributed by atoms with E-state index in [2.05, 4.69) is 9.47 Å². The third-order valence-electron chi connectivity index (χ3n) is 6.93. The molecule has 19 heteroatoms. The summed E-state index contributed by atoms with van der Waals surface area (Å²) in [4.78, 5) is 36.8. The Bertz CT molecular complexity index is 931. The van der Waals surface area contributed by atoms with Crippen LogP contribution in [0.2, 0.25) is 0 Å². The van der Waals surface area contributed by atoms with Crippen LogP contribution in [0.5, 0.6) is 0 Å². The zero-order valence-corrected chi connectivity index (χ0v) is 22.9. The van der Waals surface area contributed by atoms with Gasteiger partial charge < -0.3 is 78.4 Å². The van der Waals surface area contributed by atoms with Gasteiger partial charge in [-0.3, -0.25) is 4.79 Å².